The maximum Gasteiger partial charge on any atom is 0.488 e. The van der Waals surface area contributed by atoms with E-state index in [1.165, 1.54) is 5.56 Å². The summed E-state index contributed by atoms with van der Waals surface area (Å²) in [6, 6.07) is 0. The Bertz CT molecular complexity index is 341. The van der Waals surface area contributed by atoms with Gasteiger partial charge in [-0.3, -0.25) is 0 Å². The molecule has 0 aliphatic heterocycles. The smallest absolute Gasteiger partial charge is 0.423 e. The van der Waals surface area contributed by atoms with Gasteiger partial charge in [0.2, 0.25) is 0 Å². The third-order valence-corrected chi connectivity index (χ3v) is 3.32. The average molecular weight is 192 g/mol. The zero-order chi connectivity index (χ0) is 11.0. The summed E-state index contributed by atoms with van der Waals surface area (Å²) in [7, 11) is -1.37. The molecule has 0 aliphatic rings. The van der Waals surface area contributed by atoms with Crippen molar-refractivity contribution in [3.05, 3.63) is 27.8 Å². The van der Waals surface area contributed by atoms with Gasteiger partial charge < -0.3 is 10.0 Å². The van der Waals surface area contributed by atoms with Gasteiger partial charge in [-0.05, 0) is 67.9 Å². The van der Waals surface area contributed by atoms with Crippen LogP contribution in [0.5, 0.6) is 0 Å². The Morgan fingerprint density at radius 2 is 0.929 bits per heavy atom. The second-order valence-electron chi connectivity index (χ2n) is 3.91. The van der Waals surface area contributed by atoms with Crippen molar-refractivity contribution in [1.82, 2.24) is 0 Å². The fourth-order valence-corrected chi connectivity index (χ4v) is 1.92. The Balaban J connectivity index is 3.60. The number of benzene rings is 1. The van der Waals surface area contributed by atoms with Crippen LogP contribution in [0.15, 0.2) is 0 Å². The van der Waals surface area contributed by atoms with Crippen molar-refractivity contribution in [2.24, 2.45) is 0 Å². The molecule has 0 saturated carbocycles. The SMILES string of the molecule is Cc1c(C)c(C)c(B(O)O)c(C)c1C. The van der Waals surface area contributed by atoms with E-state index in [0.29, 0.717) is 5.46 Å². The van der Waals surface area contributed by atoms with E-state index in [1.807, 2.05) is 27.7 Å². The standard InChI is InChI=1S/C11H17BO2/c1-6-7(2)9(4)11(12(13)14)10(5)8(6)3/h13-14H,1-5H3. The highest BCUT2D eigenvalue weighted by Crippen LogP contribution is 2.18. The predicted octanol–water partition coefficient (Wildman–Crippen LogP) is 0.908. The van der Waals surface area contributed by atoms with Gasteiger partial charge in [0.25, 0.3) is 0 Å². The topological polar surface area (TPSA) is 40.5 Å². The summed E-state index contributed by atoms with van der Waals surface area (Å²) < 4.78 is 0. The molecule has 3 heteroatoms. The average Bonchev–Trinajstić information content (AvgIpc) is 2.11. The minimum absolute atomic E-state index is 0.658. The molecular formula is C11H17BO2. The fourth-order valence-electron chi connectivity index (χ4n) is 1.92. The third kappa shape index (κ3) is 1.58. The molecule has 0 bridgehead atoms. The zero-order valence-electron chi connectivity index (χ0n) is 9.47. The Labute approximate surface area is 85.7 Å². The van der Waals surface area contributed by atoms with Gasteiger partial charge in [-0.15, -0.1) is 0 Å². The van der Waals surface area contributed by atoms with Crippen LogP contribution >= 0.6 is 0 Å². The van der Waals surface area contributed by atoms with E-state index >= 15 is 0 Å². The van der Waals surface area contributed by atoms with Gasteiger partial charge in [-0.2, -0.15) is 0 Å². The summed E-state index contributed by atoms with van der Waals surface area (Å²) in [4.78, 5) is 0. The lowest BCUT2D eigenvalue weighted by molar-refractivity contribution is 0.425. The molecular weight excluding hydrogens is 175 g/mol. The molecule has 0 amide bonds. The van der Waals surface area contributed by atoms with Gasteiger partial charge >= 0.3 is 7.12 Å². The van der Waals surface area contributed by atoms with E-state index in [-0.39, 0.29) is 0 Å². The van der Waals surface area contributed by atoms with E-state index in [0.717, 1.165) is 22.3 Å². The van der Waals surface area contributed by atoms with Gasteiger partial charge in [0.05, 0.1) is 0 Å². The molecule has 1 aromatic rings. The van der Waals surface area contributed by atoms with E-state index in [1.54, 1.807) is 0 Å². The number of hydrogen-bond donors (Lipinski definition) is 2. The second kappa shape index (κ2) is 3.75. The van der Waals surface area contributed by atoms with Crippen LogP contribution in [-0.2, 0) is 0 Å². The largest absolute Gasteiger partial charge is 0.488 e. The van der Waals surface area contributed by atoms with Crippen molar-refractivity contribution < 1.29 is 10.0 Å². The summed E-state index contributed by atoms with van der Waals surface area (Å²) in [6.45, 7) is 9.97. The van der Waals surface area contributed by atoms with Crippen molar-refractivity contribution in [2.45, 2.75) is 34.6 Å². The Morgan fingerprint density at radius 3 is 1.21 bits per heavy atom. The first-order chi connectivity index (χ1) is 6.37. The summed E-state index contributed by atoms with van der Waals surface area (Å²) in [5, 5.41) is 18.6. The maximum absolute atomic E-state index is 9.28. The Morgan fingerprint density at radius 1 is 0.643 bits per heavy atom. The minimum Gasteiger partial charge on any atom is -0.423 e. The fraction of sp³-hybridized carbons (Fsp3) is 0.455. The van der Waals surface area contributed by atoms with Crippen molar-refractivity contribution >= 4 is 12.6 Å². The normalized spacial score (nSPS) is 10.5. The zero-order valence-corrected chi connectivity index (χ0v) is 9.47. The van der Waals surface area contributed by atoms with Gasteiger partial charge in [0, 0.05) is 0 Å². The quantitative estimate of drug-likeness (QED) is 0.649. The summed E-state index contributed by atoms with van der Waals surface area (Å²) in [5.41, 5.74) is 6.17. The molecule has 0 aromatic heterocycles. The molecule has 2 nitrogen and oxygen atoms in total. The minimum atomic E-state index is -1.37. The van der Waals surface area contributed by atoms with Gasteiger partial charge in [0.1, 0.15) is 0 Å². The van der Waals surface area contributed by atoms with Crippen LogP contribution in [-0.4, -0.2) is 17.2 Å². The summed E-state index contributed by atoms with van der Waals surface area (Å²) in [6.07, 6.45) is 0. The third-order valence-electron chi connectivity index (χ3n) is 3.32. The number of hydrogen-bond acceptors (Lipinski definition) is 2. The van der Waals surface area contributed by atoms with Crippen LogP contribution < -0.4 is 5.46 Å². The van der Waals surface area contributed by atoms with Crippen LogP contribution in [0.1, 0.15) is 27.8 Å². The van der Waals surface area contributed by atoms with Crippen molar-refractivity contribution in [3.8, 4) is 0 Å². The van der Waals surface area contributed by atoms with E-state index < -0.39 is 7.12 Å². The lowest BCUT2D eigenvalue weighted by atomic mass is 9.71. The molecule has 1 aromatic carbocycles. The second-order valence-corrected chi connectivity index (χ2v) is 3.91. The molecule has 0 radical (unpaired) electrons. The Hall–Kier alpha value is -0.795. The van der Waals surface area contributed by atoms with Crippen LogP contribution in [0.4, 0.5) is 0 Å². The van der Waals surface area contributed by atoms with E-state index in [4.69, 9.17) is 0 Å². The molecule has 0 aliphatic carbocycles. The van der Waals surface area contributed by atoms with Crippen LogP contribution in [0, 0.1) is 34.6 Å². The van der Waals surface area contributed by atoms with E-state index in [9.17, 15) is 10.0 Å². The van der Waals surface area contributed by atoms with Crippen LogP contribution in [0.3, 0.4) is 0 Å². The predicted molar refractivity (Wildman–Crippen MR) is 60.0 cm³/mol. The van der Waals surface area contributed by atoms with Gasteiger partial charge in [0.15, 0.2) is 0 Å². The molecule has 0 unspecified atom stereocenters. The first-order valence-corrected chi connectivity index (χ1v) is 4.81. The summed E-state index contributed by atoms with van der Waals surface area (Å²) in [5.74, 6) is 0. The summed E-state index contributed by atoms with van der Waals surface area (Å²) >= 11 is 0. The highest BCUT2D eigenvalue weighted by molar-refractivity contribution is 6.59. The highest BCUT2D eigenvalue weighted by atomic mass is 16.4. The van der Waals surface area contributed by atoms with E-state index in [2.05, 4.69) is 6.92 Å². The molecule has 0 saturated heterocycles. The molecule has 0 atom stereocenters. The lowest BCUT2D eigenvalue weighted by Crippen LogP contribution is -2.36. The molecule has 14 heavy (non-hydrogen) atoms. The Kier molecular flexibility index (Phi) is 3.02. The molecule has 0 spiro atoms. The maximum atomic E-state index is 9.28. The molecule has 2 N–H and O–H groups in total. The number of rotatable bonds is 1. The first-order valence-electron chi connectivity index (χ1n) is 4.81. The molecule has 0 fully saturated rings. The van der Waals surface area contributed by atoms with Crippen LogP contribution in [0.25, 0.3) is 0 Å². The van der Waals surface area contributed by atoms with Crippen molar-refractivity contribution in [1.29, 1.82) is 0 Å². The first kappa shape index (κ1) is 11.3. The molecule has 76 valence electrons. The van der Waals surface area contributed by atoms with Gasteiger partial charge in [-0.1, -0.05) is 0 Å². The van der Waals surface area contributed by atoms with Gasteiger partial charge in [-0.25, -0.2) is 0 Å². The van der Waals surface area contributed by atoms with Crippen molar-refractivity contribution in [3.63, 3.8) is 0 Å². The monoisotopic (exact) mass is 192 g/mol. The highest BCUT2D eigenvalue weighted by Gasteiger charge is 2.20. The van der Waals surface area contributed by atoms with Crippen molar-refractivity contribution in [2.75, 3.05) is 0 Å². The molecule has 1 rings (SSSR count). The van der Waals surface area contributed by atoms with Crippen LogP contribution in [0.2, 0.25) is 0 Å². The lowest BCUT2D eigenvalue weighted by Gasteiger charge is -2.17. The molecule has 0 heterocycles.